The normalized spacial score (nSPS) is 31.8. The average Bonchev–Trinajstić information content (AvgIpc) is 2.77. The highest BCUT2D eigenvalue weighted by atomic mass is 16.5. The zero-order chi connectivity index (χ0) is 13.9. The third kappa shape index (κ3) is 3.57. The SMILES string of the molecule is [2H]C1(CCN(CC)B([B])[B])CCOC2(CCCC2)C1. The lowest BCUT2D eigenvalue weighted by molar-refractivity contribution is -0.0939. The molecule has 0 bridgehead atoms. The molecular formula is C13H24B3NO. The van der Waals surface area contributed by atoms with Crippen LogP contribution in [0.25, 0.3) is 0 Å². The van der Waals surface area contributed by atoms with Gasteiger partial charge in [0.05, 0.1) is 5.60 Å². The van der Waals surface area contributed by atoms with Gasteiger partial charge in [-0.1, -0.05) is 19.8 Å². The summed E-state index contributed by atoms with van der Waals surface area (Å²) in [4.78, 5) is 2.03. The summed E-state index contributed by atoms with van der Waals surface area (Å²) in [5, 5.41) is 0. The summed E-state index contributed by atoms with van der Waals surface area (Å²) in [5.74, 6) is -0.356. The van der Waals surface area contributed by atoms with Crippen molar-refractivity contribution in [2.75, 3.05) is 19.7 Å². The van der Waals surface area contributed by atoms with E-state index in [2.05, 4.69) is 6.92 Å². The Morgan fingerprint density at radius 3 is 2.78 bits per heavy atom. The molecule has 1 atom stereocenters. The largest absolute Gasteiger partial charge is 0.375 e. The first-order chi connectivity index (χ1) is 8.99. The Morgan fingerprint density at radius 2 is 2.17 bits per heavy atom. The molecule has 2 rings (SSSR count). The lowest BCUT2D eigenvalue weighted by Gasteiger charge is -2.39. The van der Waals surface area contributed by atoms with Gasteiger partial charge < -0.3 is 9.55 Å². The fourth-order valence-electron chi connectivity index (χ4n) is 3.38. The molecule has 1 saturated heterocycles. The molecule has 0 aromatic heterocycles. The third-order valence-electron chi connectivity index (χ3n) is 4.53. The number of ether oxygens (including phenoxy) is 1. The van der Waals surface area contributed by atoms with E-state index in [-0.39, 0.29) is 11.5 Å². The van der Waals surface area contributed by atoms with Gasteiger partial charge in [0.2, 0.25) is 0 Å². The molecular weight excluding hydrogens is 219 g/mol. The molecule has 0 amide bonds. The Kier molecular flexibility index (Phi) is 4.75. The van der Waals surface area contributed by atoms with E-state index in [0.29, 0.717) is 0 Å². The zero-order valence-corrected chi connectivity index (χ0v) is 11.7. The van der Waals surface area contributed by atoms with E-state index in [1.165, 1.54) is 12.8 Å². The van der Waals surface area contributed by atoms with Gasteiger partial charge in [0.25, 0.3) is 0 Å². The molecule has 2 fully saturated rings. The van der Waals surface area contributed by atoms with Crippen LogP contribution in [0.2, 0.25) is 0 Å². The van der Waals surface area contributed by atoms with Gasteiger partial charge in [-0.05, 0) is 51.1 Å². The molecule has 1 heterocycles. The maximum Gasteiger partial charge on any atom is 0.120 e. The fourth-order valence-corrected chi connectivity index (χ4v) is 3.38. The van der Waals surface area contributed by atoms with Crippen molar-refractivity contribution in [1.82, 2.24) is 4.81 Å². The smallest absolute Gasteiger partial charge is 0.120 e. The van der Waals surface area contributed by atoms with E-state index in [0.717, 1.165) is 51.8 Å². The fraction of sp³-hybridized carbons (Fsp3) is 1.00. The van der Waals surface area contributed by atoms with Crippen molar-refractivity contribution < 1.29 is 6.11 Å². The summed E-state index contributed by atoms with van der Waals surface area (Å²) < 4.78 is 14.8. The molecule has 18 heavy (non-hydrogen) atoms. The molecule has 4 radical (unpaired) electrons. The molecule has 1 aliphatic carbocycles. The summed E-state index contributed by atoms with van der Waals surface area (Å²) in [7, 11) is 11.5. The second-order valence-electron chi connectivity index (χ2n) is 5.78. The Morgan fingerprint density at radius 1 is 1.44 bits per heavy atom. The monoisotopic (exact) mass is 244 g/mol. The van der Waals surface area contributed by atoms with Gasteiger partial charge in [0.15, 0.2) is 0 Å². The van der Waals surface area contributed by atoms with Crippen molar-refractivity contribution in [1.29, 1.82) is 0 Å². The van der Waals surface area contributed by atoms with Gasteiger partial charge in [-0.15, -0.1) is 0 Å². The molecule has 96 valence electrons. The average molecular weight is 244 g/mol. The molecule has 5 heteroatoms. The molecule has 1 spiro atoms. The van der Waals surface area contributed by atoms with Crippen LogP contribution < -0.4 is 0 Å². The third-order valence-corrected chi connectivity index (χ3v) is 4.53. The Bertz CT molecular complexity index is 300. The lowest BCUT2D eigenvalue weighted by Crippen LogP contribution is -2.43. The number of hydrogen-bond acceptors (Lipinski definition) is 2. The topological polar surface area (TPSA) is 12.5 Å². The van der Waals surface area contributed by atoms with Gasteiger partial charge in [0, 0.05) is 23.5 Å². The van der Waals surface area contributed by atoms with Crippen molar-refractivity contribution in [2.24, 2.45) is 5.89 Å². The molecule has 1 saturated carbocycles. The molecule has 1 unspecified atom stereocenters. The summed E-state index contributed by atoms with van der Waals surface area (Å²) in [6.07, 6.45) is 7.36. The first-order valence-corrected chi connectivity index (χ1v) is 7.38. The second kappa shape index (κ2) is 6.52. The zero-order valence-electron chi connectivity index (χ0n) is 12.7. The minimum absolute atomic E-state index is 0.0157. The van der Waals surface area contributed by atoms with E-state index in [9.17, 15) is 0 Å². The quantitative estimate of drug-likeness (QED) is 0.683. The van der Waals surface area contributed by atoms with Gasteiger partial charge >= 0.3 is 0 Å². The van der Waals surface area contributed by atoms with Crippen molar-refractivity contribution >= 4 is 22.1 Å². The van der Waals surface area contributed by atoms with Crippen molar-refractivity contribution in [3.05, 3.63) is 0 Å². The minimum atomic E-state index is -0.408. The van der Waals surface area contributed by atoms with Crippen LogP contribution in [0.4, 0.5) is 0 Å². The first kappa shape index (κ1) is 13.1. The number of hydrogen-bond donors (Lipinski definition) is 0. The van der Waals surface area contributed by atoms with Crippen LogP contribution in [0.15, 0.2) is 0 Å². The van der Waals surface area contributed by atoms with Gasteiger partial charge in [-0.25, -0.2) is 0 Å². The predicted octanol–water partition coefficient (Wildman–Crippen LogP) is 1.76. The van der Waals surface area contributed by atoms with Crippen molar-refractivity contribution in [3.8, 4) is 0 Å². The highest BCUT2D eigenvalue weighted by Gasteiger charge is 2.39. The molecule has 0 N–H and O–H groups in total. The number of nitrogens with zero attached hydrogens (tertiary/aromatic N) is 1. The van der Waals surface area contributed by atoms with Crippen LogP contribution in [0.1, 0.15) is 53.2 Å². The molecule has 0 aromatic rings. The van der Waals surface area contributed by atoms with Gasteiger partial charge in [0.1, 0.15) is 6.63 Å². The molecule has 2 aliphatic rings. The van der Waals surface area contributed by atoms with Gasteiger partial charge in [-0.2, -0.15) is 0 Å². The summed E-state index contributed by atoms with van der Waals surface area (Å²) in [6.45, 7) is 4.05. The van der Waals surface area contributed by atoms with E-state index >= 15 is 0 Å². The summed E-state index contributed by atoms with van der Waals surface area (Å²) in [6, 6.07) is 0. The van der Waals surface area contributed by atoms with Gasteiger partial charge in [-0.3, -0.25) is 0 Å². The Labute approximate surface area is 117 Å². The second-order valence-corrected chi connectivity index (χ2v) is 5.78. The van der Waals surface area contributed by atoms with Crippen LogP contribution in [0, 0.1) is 5.89 Å². The minimum Gasteiger partial charge on any atom is -0.375 e. The maximum atomic E-state index is 8.73. The van der Waals surface area contributed by atoms with Crippen molar-refractivity contribution in [2.45, 2.75) is 57.5 Å². The van der Waals surface area contributed by atoms with Crippen LogP contribution in [0.3, 0.4) is 0 Å². The van der Waals surface area contributed by atoms with Crippen LogP contribution in [0.5, 0.6) is 0 Å². The highest BCUT2D eigenvalue weighted by Crippen LogP contribution is 2.42. The summed E-state index contributed by atoms with van der Waals surface area (Å²) in [5.41, 5.74) is 0.0157. The van der Waals surface area contributed by atoms with Crippen LogP contribution >= 0.6 is 0 Å². The molecule has 1 aliphatic heterocycles. The van der Waals surface area contributed by atoms with E-state index < -0.39 is 6.63 Å². The predicted molar refractivity (Wildman–Crippen MR) is 79.0 cm³/mol. The van der Waals surface area contributed by atoms with E-state index in [1.54, 1.807) is 0 Å². The maximum absolute atomic E-state index is 8.73. The Hall–Kier alpha value is 0.115. The van der Waals surface area contributed by atoms with Crippen LogP contribution in [-0.2, 0) is 4.74 Å². The molecule has 0 aromatic carbocycles. The standard InChI is InChI=1S/C13H24B3NO/c1-2-17(16(14)15)9-5-12-6-10-18-13(11-12)7-3-4-8-13/h12H,2-11H2,1H3/i12D. The van der Waals surface area contributed by atoms with Crippen LogP contribution in [-0.4, -0.2) is 52.2 Å². The number of rotatable bonds is 5. The van der Waals surface area contributed by atoms with E-state index in [4.69, 9.17) is 21.6 Å². The molecule has 2 nitrogen and oxygen atoms in total. The summed E-state index contributed by atoms with van der Waals surface area (Å²) >= 11 is 0. The lowest BCUT2D eigenvalue weighted by atomic mass is 9.26. The highest BCUT2D eigenvalue weighted by molar-refractivity contribution is 7.27. The Balaban J connectivity index is 1.90. The van der Waals surface area contributed by atoms with E-state index in [1.807, 2.05) is 4.81 Å². The first-order valence-electron chi connectivity index (χ1n) is 7.88. The van der Waals surface area contributed by atoms with Crippen molar-refractivity contribution in [3.63, 3.8) is 0 Å².